The van der Waals surface area contributed by atoms with Crippen molar-refractivity contribution in [3.63, 3.8) is 0 Å². The molecule has 1 aliphatic carbocycles. The number of aromatic nitrogens is 2. The zero-order valence-corrected chi connectivity index (χ0v) is 8.88. The fourth-order valence-electron chi connectivity index (χ4n) is 2.07. The fraction of sp³-hybridized carbons (Fsp3) is 0.636. The summed E-state index contributed by atoms with van der Waals surface area (Å²) < 4.78 is 0. The third-order valence-corrected chi connectivity index (χ3v) is 2.67. The lowest BCUT2D eigenvalue weighted by Crippen LogP contribution is -2.16. The van der Waals surface area contributed by atoms with Crippen LogP contribution in [-0.4, -0.2) is 16.0 Å². The number of nitrogens with one attached hydrogen (secondary N) is 1. The van der Waals surface area contributed by atoms with E-state index in [1.165, 1.54) is 25.7 Å². The lowest BCUT2D eigenvalue weighted by molar-refractivity contribution is 0.748. The van der Waals surface area contributed by atoms with Crippen molar-refractivity contribution in [1.82, 2.24) is 9.97 Å². The van der Waals surface area contributed by atoms with Gasteiger partial charge in [0.15, 0.2) is 0 Å². The maximum absolute atomic E-state index is 4.38. The summed E-state index contributed by atoms with van der Waals surface area (Å²) in [6.07, 6.45) is 5.26. The molecule has 1 aromatic heterocycles. The van der Waals surface area contributed by atoms with Crippen LogP contribution in [0.5, 0.6) is 0 Å². The van der Waals surface area contributed by atoms with Gasteiger partial charge in [0.2, 0.25) is 0 Å². The van der Waals surface area contributed by atoms with Crippen LogP contribution in [0.4, 0.5) is 5.82 Å². The normalized spacial score (nSPS) is 17.3. The van der Waals surface area contributed by atoms with E-state index in [1.807, 2.05) is 19.9 Å². The van der Waals surface area contributed by atoms with Crippen molar-refractivity contribution in [2.75, 3.05) is 5.32 Å². The van der Waals surface area contributed by atoms with Gasteiger partial charge in [-0.15, -0.1) is 0 Å². The lowest BCUT2D eigenvalue weighted by atomic mass is 10.2. The molecule has 0 unspecified atom stereocenters. The smallest absolute Gasteiger partial charge is 0.130 e. The zero-order valence-electron chi connectivity index (χ0n) is 8.88. The predicted octanol–water partition coefficient (Wildman–Crippen LogP) is 2.45. The highest BCUT2D eigenvalue weighted by atomic mass is 15.0. The Morgan fingerprint density at radius 1 is 1.21 bits per heavy atom. The van der Waals surface area contributed by atoms with E-state index < -0.39 is 0 Å². The van der Waals surface area contributed by atoms with E-state index in [2.05, 4.69) is 15.3 Å². The van der Waals surface area contributed by atoms with Crippen LogP contribution in [0.25, 0.3) is 0 Å². The van der Waals surface area contributed by atoms with Gasteiger partial charge in [-0.05, 0) is 26.7 Å². The molecule has 0 saturated heterocycles. The fourth-order valence-corrected chi connectivity index (χ4v) is 2.07. The standard InChI is InChI=1S/C11H17N3/c1-8-7-11(13-9(2)12-8)14-10-5-3-4-6-10/h7,10H,3-6H2,1-2H3,(H,12,13,14). The van der Waals surface area contributed by atoms with E-state index in [0.29, 0.717) is 6.04 Å². The molecule has 0 spiro atoms. The number of hydrogen-bond acceptors (Lipinski definition) is 3. The topological polar surface area (TPSA) is 37.8 Å². The summed E-state index contributed by atoms with van der Waals surface area (Å²) in [5.74, 6) is 1.84. The molecule has 0 aromatic carbocycles. The minimum Gasteiger partial charge on any atom is -0.367 e. The molecule has 0 atom stereocenters. The lowest BCUT2D eigenvalue weighted by Gasteiger charge is -2.12. The Labute approximate surface area is 85.0 Å². The van der Waals surface area contributed by atoms with Crippen LogP contribution in [0, 0.1) is 13.8 Å². The van der Waals surface area contributed by atoms with E-state index in [-0.39, 0.29) is 0 Å². The molecule has 1 N–H and O–H groups in total. The summed E-state index contributed by atoms with van der Waals surface area (Å²) in [6, 6.07) is 2.65. The Hall–Kier alpha value is -1.12. The van der Waals surface area contributed by atoms with Crippen LogP contribution < -0.4 is 5.32 Å². The van der Waals surface area contributed by atoms with Gasteiger partial charge < -0.3 is 5.32 Å². The van der Waals surface area contributed by atoms with Gasteiger partial charge >= 0.3 is 0 Å². The predicted molar refractivity (Wildman–Crippen MR) is 57.4 cm³/mol. The summed E-state index contributed by atoms with van der Waals surface area (Å²) in [7, 11) is 0. The van der Waals surface area contributed by atoms with Gasteiger partial charge in [-0.25, -0.2) is 9.97 Å². The number of hydrogen-bond donors (Lipinski definition) is 1. The van der Waals surface area contributed by atoms with E-state index >= 15 is 0 Å². The Morgan fingerprint density at radius 3 is 2.57 bits per heavy atom. The van der Waals surface area contributed by atoms with Crippen LogP contribution in [0.1, 0.15) is 37.2 Å². The van der Waals surface area contributed by atoms with E-state index in [0.717, 1.165) is 17.3 Å². The van der Waals surface area contributed by atoms with E-state index in [9.17, 15) is 0 Å². The summed E-state index contributed by atoms with van der Waals surface area (Å²) >= 11 is 0. The van der Waals surface area contributed by atoms with Crippen molar-refractivity contribution < 1.29 is 0 Å². The average Bonchev–Trinajstić information content (AvgIpc) is 2.54. The minimum atomic E-state index is 0.628. The molecule has 14 heavy (non-hydrogen) atoms. The highest BCUT2D eigenvalue weighted by molar-refractivity contribution is 5.36. The molecule has 2 rings (SSSR count). The maximum atomic E-state index is 4.38. The molecule has 3 nitrogen and oxygen atoms in total. The van der Waals surface area contributed by atoms with Crippen molar-refractivity contribution in [2.45, 2.75) is 45.6 Å². The zero-order chi connectivity index (χ0) is 9.97. The number of nitrogens with zero attached hydrogens (tertiary/aromatic N) is 2. The molecule has 76 valence electrons. The average molecular weight is 191 g/mol. The van der Waals surface area contributed by atoms with Crippen molar-refractivity contribution in [3.05, 3.63) is 17.6 Å². The summed E-state index contributed by atoms with van der Waals surface area (Å²) in [6.45, 7) is 3.95. The second kappa shape index (κ2) is 3.95. The number of rotatable bonds is 2. The van der Waals surface area contributed by atoms with Gasteiger partial charge in [-0.3, -0.25) is 0 Å². The monoisotopic (exact) mass is 191 g/mol. The first kappa shape index (κ1) is 9.44. The Bertz CT molecular complexity index is 296. The molecular weight excluding hydrogens is 174 g/mol. The van der Waals surface area contributed by atoms with Crippen LogP contribution in [0.3, 0.4) is 0 Å². The summed E-state index contributed by atoms with van der Waals surface area (Å²) in [5.41, 5.74) is 1.04. The molecule has 0 bridgehead atoms. The third kappa shape index (κ3) is 2.22. The molecule has 3 heteroatoms. The first-order chi connectivity index (χ1) is 6.74. The highest BCUT2D eigenvalue weighted by Gasteiger charge is 2.14. The maximum Gasteiger partial charge on any atom is 0.130 e. The van der Waals surface area contributed by atoms with Crippen LogP contribution in [0.15, 0.2) is 6.07 Å². The molecule has 1 aliphatic rings. The minimum absolute atomic E-state index is 0.628. The molecule has 1 saturated carbocycles. The first-order valence-corrected chi connectivity index (χ1v) is 5.33. The number of anilines is 1. The van der Waals surface area contributed by atoms with Gasteiger partial charge in [-0.2, -0.15) is 0 Å². The Morgan fingerprint density at radius 2 is 1.93 bits per heavy atom. The van der Waals surface area contributed by atoms with Gasteiger partial charge in [0.1, 0.15) is 11.6 Å². The van der Waals surface area contributed by atoms with Crippen LogP contribution in [0.2, 0.25) is 0 Å². The molecule has 1 aromatic rings. The van der Waals surface area contributed by atoms with Crippen molar-refractivity contribution in [1.29, 1.82) is 0 Å². The van der Waals surface area contributed by atoms with E-state index in [4.69, 9.17) is 0 Å². The Kier molecular flexibility index (Phi) is 2.66. The van der Waals surface area contributed by atoms with Gasteiger partial charge in [0.25, 0.3) is 0 Å². The highest BCUT2D eigenvalue weighted by Crippen LogP contribution is 2.21. The summed E-state index contributed by atoms with van der Waals surface area (Å²) in [4.78, 5) is 8.63. The molecule has 0 radical (unpaired) electrons. The SMILES string of the molecule is Cc1cc(NC2CCCC2)nc(C)n1. The largest absolute Gasteiger partial charge is 0.367 e. The third-order valence-electron chi connectivity index (χ3n) is 2.67. The van der Waals surface area contributed by atoms with Gasteiger partial charge in [-0.1, -0.05) is 12.8 Å². The first-order valence-electron chi connectivity index (χ1n) is 5.33. The molecule has 1 heterocycles. The molecule has 1 fully saturated rings. The second-order valence-electron chi connectivity index (χ2n) is 4.07. The number of aryl methyl sites for hydroxylation is 2. The van der Waals surface area contributed by atoms with Gasteiger partial charge in [0, 0.05) is 17.8 Å². The van der Waals surface area contributed by atoms with Crippen LogP contribution >= 0.6 is 0 Å². The van der Waals surface area contributed by atoms with E-state index in [1.54, 1.807) is 0 Å². The van der Waals surface area contributed by atoms with Crippen molar-refractivity contribution in [3.8, 4) is 0 Å². The van der Waals surface area contributed by atoms with Gasteiger partial charge in [0.05, 0.1) is 0 Å². The quantitative estimate of drug-likeness (QED) is 0.780. The van der Waals surface area contributed by atoms with Crippen LogP contribution in [-0.2, 0) is 0 Å². The Balaban J connectivity index is 2.07. The second-order valence-corrected chi connectivity index (χ2v) is 4.07. The summed E-state index contributed by atoms with van der Waals surface area (Å²) in [5, 5.41) is 3.47. The molecular formula is C11H17N3. The molecule has 0 aliphatic heterocycles. The molecule has 0 amide bonds. The van der Waals surface area contributed by atoms with Crippen molar-refractivity contribution in [2.24, 2.45) is 0 Å². The van der Waals surface area contributed by atoms with Crippen molar-refractivity contribution >= 4 is 5.82 Å².